The molecule has 88 valence electrons. The zero-order valence-electron chi connectivity index (χ0n) is 9.41. The molecule has 0 heterocycles. The van der Waals surface area contributed by atoms with Crippen LogP contribution >= 0.6 is 11.6 Å². The molecule has 0 aromatic heterocycles. The predicted octanol–water partition coefficient (Wildman–Crippen LogP) is 4.08. The van der Waals surface area contributed by atoms with Gasteiger partial charge in [-0.3, -0.25) is 0 Å². The molecule has 1 nitrogen and oxygen atoms in total. The summed E-state index contributed by atoms with van der Waals surface area (Å²) in [6, 6.07) is 12.6. The zero-order chi connectivity index (χ0) is 12.3. The van der Waals surface area contributed by atoms with Crippen molar-refractivity contribution in [2.45, 2.75) is 6.42 Å². The Bertz CT molecular complexity index is 508. The molecule has 3 heteroatoms. The topological polar surface area (TPSA) is 9.23 Å². The van der Waals surface area contributed by atoms with E-state index in [2.05, 4.69) is 0 Å². The number of methoxy groups -OCH3 is 1. The fraction of sp³-hybridized carbons (Fsp3) is 0.143. The lowest BCUT2D eigenvalue weighted by Gasteiger charge is -2.06. The maximum absolute atomic E-state index is 13.7. The second kappa shape index (κ2) is 5.19. The lowest BCUT2D eigenvalue weighted by Crippen LogP contribution is -1.93. The average Bonchev–Trinajstić information content (AvgIpc) is 2.36. The summed E-state index contributed by atoms with van der Waals surface area (Å²) in [7, 11) is 1.62. The highest BCUT2D eigenvalue weighted by Crippen LogP contribution is 2.21. The first-order chi connectivity index (χ1) is 8.20. The third kappa shape index (κ3) is 2.77. The Hall–Kier alpha value is -1.54. The normalized spacial score (nSPS) is 10.3. The van der Waals surface area contributed by atoms with Crippen LogP contribution in [0.5, 0.6) is 5.75 Å². The minimum Gasteiger partial charge on any atom is -0.497 e. The molecular weight excluding hydrogens is 239 g/mol. The molecule has 0 radical (unpaired) electrons. The van der Waals surface area contributed by atoms with Crippen LogP contribution in [0.25, 0.3) is 0 Å². The summed E-state index contributed by atoms with van der Waals surface area (Å²) in [5.74, 6) is 0.449. The van der Waals surface area contributed by atoms with Gasteiger partial charge in [-0.05, 0) is 29.3 Å². The molecule has 0 fully saturated rings. The van der Waals surface area contributed by atoms with Crippen molar-refractivity contribution in [1.29, 1.82) is 0 Å². The first-order valence-corrected chi connectivity index (χ1v) is 5.64. The predicted molar refractivity (Wildman–Crippen MR) is 67.2 cm³/mol. The van der Waals surface area contributed by atoms with Crippen molar-refractivity contribution < 1.29 is 9.13 Å². The van der Waals surface area contributed by atoms with E-state index in [0.717, 1.165) is 11.3 Å². The highest BCUT2D eigenvalue weighted by molar-refractivity contribution is 6.30. The Morgan fingerprint density at radius 3 is 2.47 bits per heavy atom. The molecule has 0 aliphatic heterocycles. The smallest absolute Gasteiger partial charge is 0.145 e. The van der Waals surface area contributed by atoms with E-state index in [1.165, 1.54) is 0 Å². The van der Waals surface area contributed by atoms with Gasteiger partial charge in [0, 0.05) is 6.42 Å². The summed E-state index contributed by atoms with van der Waals surface area (Å²) in [6.07, 6.45) is 0.524. The number of ether oxygens (including phenoxy) is 1. The Balaban J connectivity index is 2.22. The van der Waals surface area contributed by atoms with Gasteiger partial charge in [0.1, 0.15) is 11.6 Å². The fourth-order valence-corrected chi connectivity index (χ4v) is 1.84. The van der Waals surface area contributed by atoms with Crippen LogP contribution in [0.2, 0.25) is 5.02 Å². The molecule has 0 N–H and O–H groups in total. The quantitative estimate of drug-likeness (QED) is 0.798. The molecule has 0 aliphatic carbocycles. The molecule has 2 rings (SSSR count). The van der Waals surface area contributed by atoms with Crippen LogP contribution in [-0.4, -0.2) is 7.11 Å². The Labute approximate surface area is 105 Å². The first-order valence-electron chi connectivity index (χ1n) is 5.26. The Morgan fingerprint density at radius 2 is 1.82 bits per heavy atom. The van der Waals surface area contributed by atoms with E-state index in [-0.39, 0.29) is 10.8 Å². The van der Waals surface area contributed by atoms with Gasteiger partial charge in [-0.2, -0.15) is 0 Å². The summed E-state index contributed by atoms with van der Waals surface area (Å²) < 4.78 is 18.7. The van der Waals surface area contributed by atoms with Crippen molar-refractivity contribution in [1.82, 2.24) is 0 Å². The second-order valence-corrected chi connectivity index (χ2v) is 4.14. The summed E-state index contributed by atoms with van der Waals surface area (Å²) >= 11 is 5.73. The first kappa shape index (κ1) is 11.9. The molecule has 17 heavy (non-hydrogen) atoms. The summed E-state index contributed by atoms with van der Waals surface area (Å²) in [4.78, 5) is 0. The van der Waals surface area contributed by atoms with Crippen molar-refractivity contribution in [3.63, 3.8) is 0 Å². The minimum atomic E-state index is -0.343. The van der Waals surface area contributed by atoms with Crippen molar-refractivity contribution in [3.05, 3.63) is 64.4 Å². The molecule has 0 atom stereocenters. The molecule has 0 bridgehead atoms. The maximum Gasteiger partial charge on any atom is 0.145 e. The van der Waals surface area contributed by atoms with Crippen molar-refractivity contribution in [3.8, 4) is 5.75 Å². The number of halogens is 2. The van der Waals surface area contributed by atoms with Gasteiger partial charge in [-0.1, -0.05) is 35.9 Å². The van der Waals surface area contributed by atoms with Gasteiger partial charge in [0.2, 0.25) is 0 Å². The van der Waals surface area contributed by atoms with Crippen molar-refractivity contribution in [2.24, 2.45) is 0 Å². The Morgan fingerprint density at radius 1 is 1.12 bits per heavy atom. The molecule has 0 amide bonds. The summed E-state index contributed by atoms with van der Waals surface area (Å²) in [6.45, 7) is 0. The van der Waals surface area contributed by atoms with Gasteiger partial charge in [-0.15, -0.1) is 0 Å². The van der Waals surface area contributed by atoms with Gasteiger partial charge in [0.05, 0.1) is 12.1 Å². The molecule has 0 aliphatic rings. The standard InChI is InChI=1S/C14H12ClFO/c1-17-12-7-5-10(6-8-12)9-11-3-2-4-13(15)14(11)16/h2-8H,9H2,1H3. The van der Waals surface area contributed by atoms with Gasteiger partial charge in [-0.25, -0.2) is 4.39 Å². The van der Waals surface area contributed by atoms with Crippen molar-refractivity contribution >= 4 is 11.6 Å². The van der Waals surface area contributed by atoms with Gasteiger partial charge in [0.15, 0.2) is 0 Å². The second-order valence-electron chi connectivity index (χ2n) is 3.74. The number of benzene rings is 2. The van der Waals surface area contributed by atoms with Crippen LogP contribution < -0.4 is 4.74 Å². The lowest BCUT2D eigenvalue weighted by molar-refractivity contribution is 0.414. The van der Waals surface area contributed by atoms with E-state index in [9.17, 15) is 4.39 Å². The van der Waals surface area contributed by atoms with Crippen LogP contribution in [0.3, 0.4) is 0 Å². The summed E-state index contributed by atoms with van der Waals surface area (Å²) in [5, 5.41) is 0.163. The molecular formula is C14H12ClFO. The molecule has 2 aromatic rings. The number of rotatable bonds is 3. The molecule has 0 unspecified atom stereocenters. The highest BCUT2D eigenvalue weighted by Gasteiger charge is 2.06. The van der Waals surface area contributed by atoms with Crippen LogP contribution in [0.15, 0.2) is 42.5 Å². The zero-order valence-corrected chi connectivity index (χ0v) is 10.2. The SMILES string of the molecule is COc1ccc(Cc2cccc(Cl)c2F)cc1. The van der Waals surface area contributed by atoms with E-state index < -0.39 is 0 Å². The van der Waals surface area contributed by atoms with Crippen LogP contribution in [0.4, 0.5) is 4.39 Å². The minimum absolute atomic E-state index is 0.163. The molecule has 0 saturated carbocycles. The Kier molecular flexibility index (Phi) is 3.64. The van der Waals surface area contributed by atoms with Gasteiger partial charge >= 0.3 is 0 Å². The number of hydrogen-bond acceptors (Lipinski definition) is 1. The monoisotopic (exact) mass is 250 g/mol. The maximum atomic E-state index is 13.7. The fourth-order valence-electron chi connectivity index (χ4n) is 1.65. The molecule has 0 saturated heterocycles. The van der Waals surface area contributed by atoms with E-state index in [1.807, 2.05) is 24.3 Å². The third-order valence-electron chi connectivity index (χ3n) is 2.59. The van der Waals surface area contributed by atoms with Crippen LogP contribution in [0.1, 0.15) is 11.1 Å². The van der Waals surface area contributed by atoms with E-state index in [1.54, 1.807) is 25.3 Å². The largest absolute Gasteiger partial charge is 0.497 e. The highest BCUT2D eigenvalue weighted by atomic mass is 35.5. The average molecular weight is 251 g/mol. The molecule has 2 aromatic carbocycles. The molecule has 0 spiro atoms. The van der Waals surface area contributed by atoms with Crippen LogP contribution in [0, 0.1) is 5.82 Å². The van der Waals surface area contributed by atoms with Gasteiger partial charge in [0.25, 0.3) is 0 Å². The number of hydrogen-bond donors (Lipinski definition) is 0. The summed E-state index contributed by atoms with van der Waals surface area (Å²) in [5.41, 5.74) is 1.62. The van der Waals surface area contributed by atoms with E-state index in [4.69, 9.17) is 16.3 Å². The van der Waals surface area contributed by atoms with Crippen LogP contribution in [-0.2, 0) is 6.42 Å². The lowest BCUT2D eigenvalue weighted by atomic mass is 10.0. The van der Waals surface area contributed by atoms with E-state index >= 15 is 0 Å². The van der Waals surface area contributed by atoms with Crippen molar-refractivity contribution in [2.75, 3.05) is 7.11 Å². The van der Waals surface area contributed by atoms with E-state index in [0.29, 0.717) is 12.0 Å². The van der Waals surface area contributed by atoms with Gasteiger partial charge < -0.3 is 4.74 Å². The third-order valence-corrected chi connectivity index (χ3v) is 2.88.